The molecular formula is C20H22ClNO. The summed E-state index contributed by atoms with van der Waals surface area (Å²) < 4.78 is 8.39. The summed E-state index contributed by atoms with van der Waals surface area (Å²) in [6, 6.07) is 16.1. The van der Waals surface area contributed by atoms with Crippen LogP contribution in [0.25, 0.3) is 10.9 Å². The minimum atomic E-state index is 0.564. The van der Waals surface area contributed by atoms with Crippen LogP contribution in [0.15, 0.2) is 48.5 Å². The lowest BCUT2D eigenvalue weighted by Crippen LogP contribution is -2.10. The highest BCUT2D eigenvalue weighted by atomic mass is 35.5. The third kappa shape index (κ3) is 3.37. The van der Waals surface area contributed by atoms with Crippen LogP contribution in [0.5, 0.6) is 5.75 Å². The molecule has 0 aliphatic rings. The van der Waals surface area contributed by atoms with Crippen LogP contribution in [-0.4, -0.2) is 4.57 Å². The van der Waals surface area contributed by atoms with Gasteiger partial charge in [0.05, 0.1) is 5.69 Å². The second-order valence-electron chi connectivity index (χ2n) is 6.34. The van der Waals surface area contributed by atoms with Crippen molar-refractivity contribution in [1.82, 2.24) is 4.57 Å². The Kier molecular flexibility index (Phi) is 4.63. The van der Waals surface area contributed by atoms with Gasteiger partial charge in [0.2, 0.25) is 0 Å². The van der Waals surface area contributed by atoms with Crippen LogP contribution in [0.4, 0.5) is 0 Å². The standard InChI is InChI=1S/C20H22ClNO/c1-14(2)12-22-19-7-5-4-6-18(19)15(3)20(22)13-23-17-10-8-16(21)9-11-17/h4-11,14H,12-13H2,1-3H3. The van der Waals surface area contributed by atoms with Crippen molar-refractivity contribution in [2.24, 2.45) is 5.92 Å². The van der Waals surface area contributed by atoms with Crippen LogP contribution in [0, 0.1) is 12.8 Å². The fraction of sp³-hybridized carbons (Fsp3) is 0.300. The average Bonchev–Trinajstić information content (AvgIpc) is 2.79. The van der Waals surface area contributed by atoms with Crippen molar-refractivity contribution in [3.05, 3.63) is 64.8 Å². The molecule has 0 fully saturated rings. The molecule has 3 aromatic rings. The molecule has 0 bridgehead atoms. The molecule has 0 amide bonds. The van der Waals surface area contributed by atoms with Gasteiger partial charge in [-0.05, 0) is 48.7 Å². The molecule has 0 atom stereocenters. The van der Waals surface area contributed by atoms with Gasteiger partial charge < -0.3 is 9.30 Å². The van der Waals surface area contributed by atoms with E-state index in [0.29, 0.717) is 12.5 Å². The summed E-state index contributed by atoms with van der Waals surface area (Å²) in [5, 5.41) is 2.03. The van der Waals surface area contributed by atoms with Crippen LogP contribution in [0.1, 0.15) is 25.1 Å². The Balaban J connectivity index is 1.95. The van der Waals surface area contributed by atoms with Crippen molar-refractivity contribution in [3.8, 4) is 5.75 Å². The number of halogens is 1. The maximum Gasteiger partial charge on any atom is 0.128 e. The second-order valence-corrected chi connectivity index (χ2v) is 6.77. The van der Waals surface area contributed by atoms with E-state index in [4.69, 9.17) is 16.3 Å². The van der Waals surface area contributed by atoms with Crippen molar-refractivity contribution in [3.63, 3.8) is 0 Å². The van der Waals surface area contributed by atoms with Crippen LogP contribution in [0.2, 0.25) is 5.02 Å². The Morgan fingerprint density at radius 2 is 1.74 bits per heavy atom. The SMILES string of the molecule is Cc1c(COc2ccc(Cl)cc2)n(CC(C)C)c2ccccc12. The second kappa shape index (κ2) is 6.67. The molecular weight excluding hydrogens is 306 g/mol. The number of benzene rings is 2. The normalized spacial score (nSPS) is 11.3. The first-order valence-corrected chi connectivity index (χ1v) is 8.39. The number of aryl methyl sites for hydroxylation is 1. The number of hydrogen-bond donors (Lipinski definition) is 0. The van der Waals surface area contributed by atoms with Crippen molar-refractivity contribution < 1.29 is 4.74 Å². The monoisotopic (exact) mass is 327 g/mol. The van der Waals surface area contributed by atoms with Crippen molar-refractivity contribution in [2.75, 3.05) is 0 Å². The van der Waals surface area contributed by atoms with E-state index in [1.165, 1.54) is 22.2 Å². The van der Waals surface area contributed by atoms with Gasteiger partial charge in [-0.2, -0.15) is 0 Å². The lowest BCUT2D eigenvalue weighted by molar-refractivity contribution is 0.292. The fourth-order valence-corrected chi connectivity index (χ4v) is 3.10. The number of rotatable bonds is 5. The number of hydrogen-bond acceptors (Lipinski definition) is 1. The molecule has 0 radical (unpaired) electrons. The molecule has 2 nitrogen and oxygen atoms in total. The molecule has 0 aliphatic carbocycles. The van der Waals surface area contributed by atoms with E-state index in [9.17, 15) is 0 Å². The first-order valence-electron chi connectivity index (χ1n) is 8.01. The Labute approximate surface area is 142 Å². The lowest BCUT2D eigenvalue weighted by Gasteiger charge is -2.15. The van der Waals surface area contributed by atoms with Gasteiger partial charge in [0.1, 0.15) is 12.4 Å². The lowest BCUT2D eigenvalue weighted by atomic mass is 10.1. The van der Waals surface area contributed by atoms with Crippen molar-refractivity contribution in [1.29, 1.82) is 0 Å². The van der Waals surface area contributed by atoms with Crippen LogP contribution in [-0.2, 0) is 13.2 Å². The highest BCUT2D eigenvalue weighted by Gasteiger charge is 2.15. The smallest absolute Gasteiger partial charge is 0.128 e. The van der Waals surface area contributed by atoms with E-state index in [2.05, 4.69) is 49.6 Å². The number of para-hydroxylation sites is 1. The molecule has 3 rings (SSSR count). The van der Waals surface area contributed by atoms with Gasteiger partial charge in [0.25, 0.3) is 0 Å². The Morgan fingerprint density at radius 1 is 1.04 bits per heavy atom. The van der Waals surface area contributed by atoms with Crippen molar-refractivity contribution >= 4 is 22.5 Å². The van der Waals surface area contributed by atoms with E-state index in [-0.39, 0.29) is 0 Å². The zero-order valence-electron chi connectivity index (χ0n) is 13.8. The van der Waals surface area contributed by atoms with Crippen molar-refractivity contribution in [2.45, 2.75) is 33.9 Å². The largest absolute Gasteiger partial charge is 0.487 e. The van der Waals surface area contributed by atoms with Crippen LogP contribution in [0.3, 0.4) is 0 Å². The highest BCUT2D eigenvalue weighted by molar-refractivity contribution is 6.30. The number of ether oxygens (including phenoxy) is 1. The Hall–Kier alpha value is -1.93. The van der Waals surface area contributed by atoms with Crippen LogP contribution < -0.4 is 4.74 Å². The molecule has 3 heteroatoms. The molecule has 0 unspecified atom stereocenters. The maximum absolute atomic E-state index is 6.00. The summed E-state index contributed by atoms with van der Waals surface area (Å²) in [5.74, 6) is 1.43. The molecule has 0 aliphatic heterocycles. The van der Waals surface area contributed by atoms with Gasteiger partial charge >= 0.3 is 0 Å². The van der Waals surface area contributed by atoms with Gasteiger partial charge in [-0.25, -0.2) is 0 Å². The predicted molar refractivity (Wildman–Crippen MR) is 97.3 cm³/mol. The van der Waals surface area contributed by atoms with Gasteiger partial charge in [-0.1, -0.05) is 43.6 Å². The molecule has 0 spiro atoms. The molecule has 1 heterocycles. The number of aromatic nitrogens is 1. The third-order valence-electron chi connectivity index (χ3n) is 4.09. The fourth-order valence-electron chi connectivity index (χ4n) is 2.97. The summed E-state index contributed by atoms with van der Waals surface area (Å²) in [5.41, 5.74) is 3.83. The summed E-state index contributed by atoms with van der Waals surface area (Å²) in [6.45, 7) is 8.23. The highest BCUT2D eigenvalue weighted by Crippen LogP contribution is 2.28. The molecule has 2 aromatic carbocycles. The van der Waals surface area contributed by atoms with E-state index in [1.54, 1.807) is 0 Å². The summed E-state index contributed by atoms with van der Waals surface area (Å²) in [4.78, 5) is 0. The summed E-state index contributed by atoms with van der Waals surface area (Å²) in [6.07, 6.45) is 0. The molecule has 0 N–H and O–H groups in total. The van der Waals surface area contributed by atoms with Gasteiger partial charge in [-0.15, -0.1) is 0 Å². The molecule has 0 saturated heterocycles. The minimum Gasteiger partial charge on any atom is -0.487 e. The number of nitrogens with zero attached hydrogens (tertiary/aromatic N) is 1. The van der Waals surface area contributed by atoms with Gasteiger partial charge in [0, 0.05) is 22.5 Å². The van der Waals surface area contributed by atoms with E-state index >= 15 is 0 Å². The summed E-state index contributed by atoms with van der Waals surface area (Å²) >= 11 is 5.93. The zero-order valence-corrected chi connectivity index (χ0v) is 14.6. The molecule has 0 saturated carbocycles. The Morgan fingerprint density at radius 3 is 2.43 bits per heavy atom. The molecule has 23 heavy (non-hydrogen) atoms. The van der Waals surface area contributed by atoms with E-state index in [1.807, 2.05) is 24.3 Å². The average molecular weight is 328 g/mol. The Bertz CT molecular complexity index is 802. The maximum atomic E-state index is 6.00. The molecule has 120 valence electrons. The topological polar surface area (TPSA) is 14.2 Å². The third-order valence-corrected chi connectivity index (χ3v) is 4.35. The molecule has 1 aromatic heterocycles. The van der Waals surface area contributed by atoms with Gasteiger partial charge in [-0.3, -0.25) is 0 Å². The number of fused-ring (bicyclic) bond motifs is 1. The van der Waals surface area contributed by atoms with E-state index in [0.717, 1.165) is 17.3 Å². The quantitative estimate of drug-likeness (QED) is 0.574. The first kappa shape index (κ1) is 15.9. The predicted octanol–water partition coefficient (Wildman–Crippen LogP) is 5.84. The minimum absolute atomic E-state index is 0.564. The van der Waals surface area contributed by atoms with Gasteiger partial charge in [0.15, 0.2) is 0 Å². The zero-order chi connectivity index (χ0) is 16.4. The van der Waals surface area contributed by atoms with Crippen LogP contribution >= 0.6 is 11.6 Å². The van der Waals surface area contributed by atoms with E-state index < -0.39 is 0 Å². The summed E-state index contributed by atoms with van der Waals surface area (Å²) in [7, 11) is 0. The first-order chi connectivity index (χ1) is 11.1.